The molecule has 62 valence electrons. The minimum Gasteiger partial charge on any atom is -0.366 e. The molecule has 0 aliphatic heterocycles. The molecule has 3 N–H and O–H groups in total. The van der Waals surface area contributed by atoms with Gasteiger partial charge in [-0.05, 0) is 6.08 Å². The van der Waals surface area contributed by atoms with Crippen LogP contribution in [-0.2, 0) is 14.3 Å². The molecule has 0 aromatic rings. The molecule has 5 nitrogen and oxygen atoms in total. The lowest BCUT2D eigenvalue weighted by Gasteiger charge is -2.10. The molecular formula is C6H10N2O3. The van der Waals surface area contributed by atoms with Crippen molar-refractivity contribution >= 4 is 11.8 Å². The fraction of sp³-hybridized carbons (Fsp3) is 0.333. The average Bonchev–Trinajstić information content (AvgIpc) is 1.99. The Hall–Kier alpha value is -1.36. The molecule has 1 atom stereocenters. The van der Waals surface area contributed by atoms with E-state index in [-0.39, 0.29) is 0 Å². The fourth-order valence-electron chi connectivity index (χ4n) is 0.434. The number of carbonyl (C=O) groups excluding carboxylic acids is 2. The van der Waals surface area contributed by atoms with Crippen molar-refractivity contribution in [3.05, 3.63) is 12.7 Å². The van der Waals surface area contributed by atoms with Gasteiger partial charge in [0.25, 0.3) is 5.91 Å². The van der Waals surface area contributed by atoms with Crippen LogP contribution in [0.25, 0.3) is 0 Å². The van der Waals surface area contributed by atoms with Gasteiger partial charge < -0.3 is 15.8 Å². The summed E-state index contributed by atoms with van der Waals surface area (Å²) >= 11 is 0. The zero-order chi connectivity index (χ0) is 8.85. The van der Waals surface area contributed by atoms with Gasteiger partial charge in [0.15, 0.2) is 0 Å². The highest BCUT2D eigenvalue weighted by molar-refractivity contribution is 5.91. The van der Waals surface area contributed by atoms with Crippen molar-refractivity contribution in [1.82, 2.24) is 5.32 Å². The number of primary amides is 1. The van der Waals surface area contributed by atoms with Crippen LogP contribution in [0.2, 0.25) is 0 Å². The third-order valence-electron chi connectivity index (χ3n) is 0.953. The minimum atomic E-state index is -1.08. The van der Waals surface area contributed by atoms with E-state index < -0.39 is 18.0 Å². The number of hydrogen-bond donors (Lipinski definition) is 2. The molecule has 0 fully saturated rings. The maximum atomic E-state index is 10.6. The standard InChI is InChI=1S/C6H10N2O3/c1-3-4(9)8-6(11-2)5(7)10/h3,6H,1H2,2H3,(H2,7,10)(H,8,9). The first kappa shape index (κ1) is 9.64. The lowest BCUT2D eigenvalue weighted by molar-refractivity contribution is -0.134. The SMILES string of the molecule is C=CC(=O)NC(OC)C(N)=O. The van der Waals surface area contributed by atoms with Crippen LogP contribution >= 0.6 is 0 Å². The van der Waals surface area contributed by atoms with Gasteiger partial charge in [0.1, 0.15) is 0 Å². The molecule has 0 saturated heterocycles. The highest BCUT2D eigenvalue weighted by atomic mass is 16.5. The molecule has 5 heteroatoms. The normalized spacial score (nSPS) is 11.7. The Bertz CT molecular complexity index is 179. The Balaban J connectivity index is 3.97. The van der Waals surface area contributed by atoms with Crippen molar-refractivity contribution < 1.29 is 14.3 Å². The number of carbonyl (C=O) groups is 2. The van der Waals surface area contributed by atoms with Crippen LogP contribution in [-0.4, -0.2) is 25.2 Å². The van der Waals surface area contributed by atoms with Crippen LogP contribution in [0.1, 0.15) is 0 Å². The Morgan fingerprint density at radius 2 is 2.27 bits per heavy atom. The summed E-state index contributed by atoms with van der Waals surface area (Å²) in [6.07, 6.45) is -0.0601. The number of nitrogens with two attached hydrogens (primary N) is 1. The minimum absolute atomic E-state index is 0.504. The van der Waals surface area contributed by atoms with E-state index in [2.05, 4.69) is 16.6 Å². The third-order valence-corrected chi connectivity index (χ3v) is 0.953. The number of amides is 2. The lowest BCUT2D eigenvalue weighted by Crippen LogP contribution is -2.44. The summed E-state index contributed by atoms with van der Waals surface area (Å²) in [6, 6.07) is 0. The molecule has 0 aliphatic rings. The maximum Gasteiger partial charge on any atom is 0.267 e. The Morgan fingerprint density at radius 3 is 2.55 bits per heavy atom. The van der Waals surface area contributed by atoms with Crippen molar-refractivity contribution in [2.45, 2.75) is 6.23 Å². The summed E-state index contributed by atoms with van der Waals surface area (Å²) in [5.41, 5.74) is 4.84. The van der Waals surface area contributed by atoms with Crippen molar-refractivity contribution in [3.63, 3.8) is 0 Å². The molecule has 0 aliphatic carbocycles. The van der Waals surface area contributed by atoms with E-state index in [4.69, 9.17) is 5.73 Å². The molecule has 1 unspecified atom stereocenters. The zero-order valence-corrected chi connectivity index (χ0v) is 6.16. The van der Waals surface area contributed by atoms with Gasteiger partial charge in [-0.2, -0.15) is 0 Å². The van der Waals surface area contributed by atoms with Gasteiger partial charge in [0.2, 0.25) is 12.1 Å². The molecule has 11 heavy (non-hydrogen) atoms. The van der Waals surface area contributed by atoms with E-state index in [0.717, 1.165) is 6.08 Å². The first-order valence-electron chi connectivity index (χ1n) is 2.87. The first-order valence-corrected chi connectivity index (χ1v) is 2.87. The Labute approximate surface area is 64.2 Å². The van der Waals surface area contributed by atoms with E-state index in [1.165, 1.54) is 7.11 Å². The van der Waals surface area contributed by atoms with Gasteiger partial charge >= 0.3 is 0 Å². The Morgan fingerprint density at radius 1 is 1.73 bits per heavy atom. The molecule has 0 aromatic carbocycles. The van der Waals surface area contributed by atoms with E-state index in [0.29, 0.717) is 0 Å². The predicted octanol–water partition coefficient (Wildman–Crippen LogP) is -1.25. The predicted molar refractivity (Wildman–Crippen MR) is 38.3 cm³/mol. The van der Waals surface area contributed by atoms with Gasteiger partial charge in [0.05, 0.1) is 0 Å². The molecule has 0 rings (SSSR count). The number of methoxy groups -OCH3 is 1. The summed E-state index contributed by atoms with van der Waals surface area (Å²) in [7, 11) is 1.26. The molecule has 2 amide bonds. The van der Waals surface area contributed by atoms with E-state index in [9.17, 15) is 9.59 Å². The second kappa shape index (κ2) is 4.45. The summed E-state index contributed by atoms with van der Waals surface area (Å²) in [4.78, 5) is 21.0. The van der Waals surface area contributed by atoms with Crippen molar-refractivity contribution in [2.75, 3.05) is 7.11 Å². The van der Waals surface area contributed by atoms with Crippen LogP contribution in [0.15, 0.2) is 12.7 Å². The monoisotopic (exact) mass is 158 g/mol. The van der Waals surface area contributed by atoms with Gasteiger partial charge in [-0.3, -0.25) is 9.59 Å². The molecule has 0 spiro atoms. The largest absolute Gasteiger partial charge is 0.366 e. The summed E-state index contributed by atoms with van der Waals surface area (Å²) < 4.78 is 4.53. The second-order valence-corrected chi connectivity index (χ2v) is 1.73. The van der Waals surface area contributed by atoms with Gasteiger partial charge in [-0.15, -0.1) is 0 Å². The van der Waals surface area contributed by atoms with E-state index in [1.54, 1.807) is 0 Å². The topological polar surface area (TPSA) is 81.4 Å². The van der Waals surface area contributed by atoms with Crippen LogP contribution < -0.4 is 11.1 Å². The Kier molecular flexibility index (Phi) is 3.90. The molecule has 0 heterocycles. The molecule has 0 bridgehead atoms. The molecule has 0 saturated carbocycles. The number of hydrogen-bond acceptors (Lipinski definition) is 3. The quantitative estimate of drug-likeness (QED) is 0.396. The van der Waals surface area contributed by atoms with Gasteiger partial charge in [-0.25, -0.2) is 0 Å². The summed E-state index contributed by atoms with van der Waals surface area (Å²) in [6.45, 7) is 3.19. The molecule has 0 aromatic heterocycles. The summed E-state index contributed by atoms with van der Waals surface area (Å²) in [5.74, 6) is -1.25. The van der Waals surface area contributed by atoms with Gasteiger partial charge in [0, 0.05) is 7.11 Å². The fourth-order valence-corrected chi connectivity index (χ4v) is 0.434. The van der Waals surface area contributed by atoms with Crippen LogP contribution in [0.4, 0.5) is 0 Å². The average molecular weight is 158 g/mol. The van der Waals surface area contributed by atoms with Crippen molar-refractivity contribution in [1.29, 1.82) is 0 Å². The highest BCUT2D eigenvalue weighted by Crippen LogP contribution is 1.82. The summed E-state index contributed by atoms with van der Waals surface area (Å²) in [5, 5.41) is 2.16. The molecule has 0 radical (unpaired) electrons. The number of ether oxygens (including phenoxy) is 1. The smallest absolute Gasteiger partial charge is 0.267 e. The second-order valence-electron chi connectivity index (χ2n) is 1.73. The van der Waals surface area contributed by atoms with Crippen molar-refractivity contribution in [3.8, 4) is 0 Å². The van der Waals surface area contributed by atoms with Crippen LogP contribution in [0, 0.1) is 0 Å². The van der Waals surface area contributed by atoms with E-state index >= 15 is 0 Å². The lowest BCUT2D eigenvalue weighted by atomic mass is 10.5. The molecular weight excluding hydrogens is 148 g/mol. The van der Waals surface area contributed by atoms with E-state index in [1.807, 2.05) is 0 Å². The zero-order valence-electron chi connectivity index (χ0n) is 6.16. The number of rotatable bonds is 4. The highest BCUT2D eigenvalue weighted by Gasteiger charge is 2.14. The first-order chi connectivity index (χ1) is 5.11. The van der Waals surface area contributed by atoms with Crippen molar-refractivity contribution in [2.24, 2.45) is 5.73 Å². The number of nitrogens with one attached hydrogen (secondary N) is 1. The third kappa shape index (κ3) is 3.36. The van der Waals surface area contributed by atoms with Gasteiger partial charge in [-0.1, -0.05) is 6.58 Å². The van der Waals surface area contributed by atoms with Crippen LogP contribution in [0.5, 0.6) is 0 Å². The van der Waals surface area contributed by atoms with Crippen LogP contribution in [0.3, 0.4) is 0 Å². The maximum absolute atomic E-state index is 10.6.